The number of sulfonamides is 1. The van der Waals surface area contributed by atoms with Gasteiger partial charge >= 0.3 is 0 Å². The van der Waals surface area contributed by atoms with Crippen molar-refractivity contribution in [3.63, 3.8) is 0 Å². The van der Waals surface area contributed by atoms with Gasteiger partial charge in [-0.25, -0.2) is 17.7 Å². The van der Waals surface area contributed by atoms with Crippen molar-refractivity contribution < 1.29 is 13.2 Å². The lowest BCUT2D eigenvalue weighted by Gasteiger charge is -2.32. The van der Waals surface area contributed by atoms with Gasteiger partial charge in [0, 0.05) is 31.2 Å². The van der Waals surface area contributed by atoms with E-state index >= 15 is 0 Å². The molecule has 0 unspecified atom stereocenters. The summed E-state index contributed by atoms with van der Waals surface area (Å²) in [7, 11) is -3.11. The molecule has 1 aliphatic heterocycles. The van der Waals surface area contributed by atoms with E-state index in [1.807, 2.05) is 32.0 Å². The molecule has 176 valence electrons. The van der Waals surface area contributed by atoms with Gasteiger partial charge in [0.15, 0.2) is 5.96 Å². The lowest BCUT2D eigenvalue weighted by atomic mass is 9.96. The van der Waals surface area contributed by atoms with Crippen molar-refractivity contribution in [2.24, 2.45) is 4.99 Å². The lowest BCUT2D eigenvalue weighted by Crippen LogP contribution is -2.50. The highest BCUT2D eigenvalue weighted by molar-refractivity contribution is 14.0. The zero-order valence-electron chi connectivity index (χ0n) is 18.7. The molecule has 1 saturated heterocycles. The Morgan fingerprint density at radius 1 is 1.16 bits per heavy atom. The van der Waals surface area contributed by atoms with E-state index in [1.165, 1.54) is 6.42 Å². The van der Waals surface area contributed by atoms with Gasteiger partial charge < -0.3 is 15.4 Å². The number of hydrogen-bond acceptors (Lipinski definition) is 4. The molecule has 31 heavy (non-hydrogen) atoms. The number of piperidine rings is 1. The number of benzene rings is 1. The average molecular weight is 565 g/mol. The standard InChI is InChI=1S/C22H36N4O3S.HI/c1-3-16-30(27,28)26-14-12-19(13-15-26)25-22(23-4-2)24-17-18-8-5-6-11-21(18)29-20-9-7-10-20;/h5-6,8,11,19-20H,3-4,7,9-10,12-17H2,1-2H3,(H2,23,24,25);1H. The van der Waals surface area contributed by atoms with Gasteiger partial charge in [0.25, 0.3) is 0 Å². The van der Waals surface area contributed by atoms with Gasteiger partial charge in [0.05, 0.1) is 18.4 Å². The molecular weight excluding hydrogens is 527 g/mol. The Labute approximate surface area is 204 Å². The van der Waals surface area contributed by atoms with Crippen molar-refractivity contribution in [1.82, 2.24) is 14.9 Å². The van der Waals surface area contributed by atoms with Gasteiger partial charge in [-0.1, -0.05) is 25.1 Å². The van der Waals surface area contributed by atoms with Crippen molar-refractivity contribution in [1.29, 1.82) is 0 Å². The van der Waals surface area contributed by atoms with Gasteiger partial charge in [-0.3, -0.25) is 0 Å². The van der Waals surface area contributed by atoms with Gasteiger partial charge in [-0.15, -0.1) is 24.0 Å². The number of ether oxygens (including phenoxy) is 1. The second-order valence-corrected chi connectivity index (χ2v) is 10.2. The first-order valence-electron chi connectivity index (χ1n) is 11.3. The molecule has 9 heteroatoms. The van der Waals surface area contributed by atoms with Crippen molar-refractivity contribution in [3.05, 3.63) is 29.8 Å². The van der Waals surface area contributed by atoms with Crippen LogP contribution in [0.1, 0.15) is 57.9 Å². The van der Waals surface area contributed by atoms with E-state index < -0.39 is 10.0 Å². The first kappa shape index (κ1) is 26.2. The van der Waals surface area contributed by atoms with Crippen LogP contribution in [0.5, 0.6) is 5.75 Å². The normalized spacial score (nSPS) is 18.7. The Morgan fingerprint density at radius 2 is 1.87 bits per heavy atom. The van der Waals surface area contributed by atoms with Crippen LogP contribution in [0.4, 0.5) is 0 Å². The molecule has 0 amide bonds. The molecule has 0 spiro atoms. The smallest absolute Gasteiger partial charge is 0.214 e. The summed E-state index contributed by atoms with van der Waals surface area (Å²) in [5.74, 6) is 1.93. The van der Waals surface area contributed by atoms with Crippen LogP contribution in [-0.4, -0.2) is 56.2 Å². The largest absolute Gasteiger partial charge is 0.490 e. The zero-order chi connectivity index (χ0) is 21.4. The maximum Gasteiger partial charge on any atom is 0.214 e. The number of aliphatic imine (C=N–C) groups is 1. The molecule has 2 fully saturated rings. The maximum atomic E-state index is 12.3. The Morgan fingerprint density at radius 3 is 2.48 bits per heavy atom. The summed E-state index contributed by atoms with van der Waals surface area (Å²) in [6, 6.07) is 8.34. The summed E-state index contributed by atoms with van der Waals surface area (Å²) in [4.78, 5) is 4.77. The number of guanidine groups is 1. The van der Waals surface area contributed by atoms with Crippen LogP contribution in [0.25, 0.3) is 0 Å². The van der Waals surface area contributed by atoms with E-state index in [-0.39, 0.29) is 35.8 Å². The van der Waals surface area contributed by atoms with Gasteiger partial charge in [-0.05, 0) is 51.5 Å². The summed E-state index contributed by atoms with van der Waals surface area (Å²) >= 11 is 0. The molecule has 3 rings (SSSR count). The lowest BCUT2D eigenvalue weighted by molar-refractivity contribution is 0.119. The predicted octanol–water partition coefficient (Wildman–Crippen LogP) is 3.50. The van der Waals surface area contributed by atoms with Crippen LogP contribution in [0.15, 0.2) is 29.3 Å². The number of hydrogen-bond donors (Lipinski definition) is 2. The summed E-state index contributed by atoms with van der Waals surface area (Å²) in [6.45, 7) is 6.40. The molecule has 1 heterocycles. The quantitative estimate of drug-likeness (QED) is 0.273. The molecule has 0 bridgehead atoms. The second kappa shape index (κ2) is 12.8. The molecule has 7 nitrogen and oxygen atoms in total. The highest BCUT2D eigenvalue weighted by atomic mass is 127. The second-order valence-electron chi connectivity index (χ2n) is 8.11. The molecule has 0 aromatic heterocycles. The maximum absolute atomic E-state index is 12.3. The number of rotatable bonds is 9. The summed E-state index contributed by atoms with van der Waals surface area (Å²) < 4.78 is 32.3. The van der Waals surface area contributed by atoms with Crippen LogP contribution < -0.4 is 15.4 Å². The minimum Gasteiger partial charge on any atom is -0.490 e. The monoisotopic (exact) mass is 564 g/mol. The van der Waals surface area contributed by atoms with Crippen LogP contribution in [0, 0.1) is 0 Å². The third kappa shape index (κ3) is 7.78. The molecule has 1 aliphatic carbocycles. The molecule has 2 aliphatic rings. The summed E-state index contributed by atoms with van der Waals surface area (Å²) in [5, 5.41) is 6.80. The fourth-order valence-electron chi connectivity index (χ4n) is 3.76. The fourth-order valence-corrected chi connectivity index (χ4v) is 5.30. The van der Waals surface area contributed by atoms with Crippen LogP contribution in [-0.2, 0) is 16.6 Å². The van der Waals surface area contributed by atoms with Crippen LogP contribution in [0.2, 0.25) is 0 Å². The molecule has 0 radical (unpaired) electrons. The van der Waals surface area contributed by atoms with Gasteiger partial charge in [0.2, 0.25) is 10.0 Å². The molecule has 1 aromatic carbocycles. The van der Waals surface area contributed by atoms with Crippen molar-refractivity contribution >= 4 is 40.0 Å². The van der Waals surface area contributed by atoms with Crippen molar-refractivity contribution in [3.8, 4) is 5.75 Å². The molecule has 0 atom stereocenters. The minimum atomic E-state index is -3.11. The average Bonchev–Trinajstić information content (AvgIpc) is 2.70. The number of nitrogens with one attached hydrogen (secondary N) is 2. The van der Waals surface area contributed by atoms with E-state index in [2.05, 4.69) is 16.7 Å². The molecule has 1 saturated carbocycles. The first-order chi connectivity index (χ1) is 14.5. The van der Waals surface area contributed by atoms with Crippen molar-refractivity contribution in [2.75, 3.05) is 25.4 Å². The van der Waals surface area contributed by atoms with Gasteiger partial charge in [0.1, 0.15) is 5.75 Å². The van der Waals surface area contributed by atoms with Crippen molar-refractivity contribution in [2.45, 2.75) is 71.1 Å². The van der Waals surface area contributed by atoms with Crippen LogP contribution in [0.3, 0.4) is 0 Å². The van der Waals surface area contributed by atoms with E-state index in [9.17, 15) is 8.42 Å². The number of nitrogens with zero attached hydrogens (tertiary/aromatic N) is 2. The summed E-state index contributed by atoms with van der Waals surface area (Å²) in [5.41, 5.74) is 1.09. The topological polar surface area (TPSA) is 83.0 Å². The number of para-hydroxylation sites is 1. The zero-order valence-corrected chi connectivity index (χ0v) is 21.8. The Hall–Kier alpha value is -1.07. The Balaban J connectivity index is 0.00000341. The third-order valence-corrected chi connectivity index (χ3v) is 7.80. The van der Waals surface area contributed by atoms with E-state index in [0.717, 1.165) is 49.5 Å². The highest BCUT2D eigenvalue weighted by Crippen LogP contribution is 2.28. The third-order valence-electron chi connectivity index (χ3n) is 5.72. The first-order valence-corrected chi connectivity index (χ1v) is 12.9. The molecule has 2 N–H and O–H groups in total. The molecule has 1 aromatic rings. The number of halogens is 1. The Bertz CT molecular complexity index is 807. The van der Waals surface area contributed by atoms with E-state index in [1.54, 1.807) is 4.31 Å². The Kier molecular flexibility index (Phi) is 10.8. The van der Waals surface area contributed by atoms with E-state index in [4.69, 9.17) is 9.73 Å². The molecular formula is C22H37IN4O3S. The highest BCUT2D eigenvalue weighted by Gasteiger charge is 2.27. The fraction of sp³-hybridized carbons (Fsp3) is 0.682. The minimum absolute atomic E-state index is 0. The van der Waals surface area contributed by atoms with Gasteiger partial charge in [-0.2, -0.15) is 0 Å². The predicted molar refractivity (Wildman–Crippen MR) is 137 cm³/mol. The SMILES string of the molecule is CCCS(=O)(=O)N1CCC(NC(=NCc2ccccc2OC2CCC2)NCC)CC1.I. The summed E-state index contributed by atoms with van der Waals surface area (Å²) in [6.07, 6.45) is 6.09. The van der Waals surface area contributed by atoms with Crippen LogP contribution >= 0.6 is 24.0 Å². The van der Waals surface area contributed by atoms with E-state index in [0.29, 0.717) is 32.2 Å².